The molecule has 0 N–H and O–H groups in total. The Labute approximate surface area is 106 Å². The summed E-state index contributed by atoms with van der Waals surface area (Å²) in [5.41, 5.74) is 0.703. The highest BCUT2D eigenvalue weighted by molar-refractivity contribution is 5.35. The van der Waals surface area contributed by atoms with E-state index in [2.05, 4.69) is 6.92 Å². The molecule has 1 fully saturated rings. The molecule has 0 nitrogen and oxygen atoms in total. The van der Waals surface area contributed by atoms with Crippen molar-refractivity contribution in [1.29, 1.82) is 0 Å². The molecule has 1 saturated carbocycles. The highest BCUT2D eigenvalue weighted by Gasteiger charge is 2.33. The van der Waals surface area contributed by atoms with Crippen LogP contribution in [0, 0.1) is 12.8 Å². The normalized spacial score (nSPS) is 25.2. The van der Waals surface area contributed by atoms with Gasteiger partial charge in [0.05, 0.1) is 5.56 Å². The SMILES string of the molecule is Cc1ccc(C2CCC(C)CC2)cc1C(F)(F)F. The number of hydrogen-bond acceptors (Lipinski definition) is 0. The van der Waals surface area contributed by atoms with Gasteiger partial charge in [-0.3, -0.25) is 0 Å². The molecule has 1 aliphatic rings. The zero-order valence-corrected chi connectivity index (χ0v) is 10.8. The Balaban J connectivity index is 2.24. The van der Waals surface area contributed by atoms with Crippen molar-refractivity contribution in [1.82, 2.24) is 0 Å². The van der Waals surface area contributed by atoms with Crippen LogP contribution in [0.4, 0.5) is 13.2 Å². The molecule has 0 saturated heterocycles. The highest BCUT2D eigenvalue weighted by Crippen LogP contribution is 2.39. The van der Waals surface area contributed by atoms with Gasteiger partial charge in [0, 0.05) is 0 Å². The van der Waals surface area contributed by atoms with Crippen LogP contribution >= 0.6 is 0 Å². The Hall–Kier alpha value is -0.990. The van der Waals surface area contributed by atoms with E-state index in [9.17, 15) is 13.2 Å². The Morgan fingerprint density at radius 2 is 1.67 bits per heavy atom. The number of alkyl halides is 3. The van der Waals surface area contributed by atoms with Crippen molar-refractivity contribution in [2.24, 2.45) is 5.92 Å². The third-order valence-corrected chi connectivity index (χ3v) is 4.05. The quantitative estimate of drug-likeness (QED) is 0.639. The summed E-state index contributed by atoms with van der Waals surface area (Å²) in [5.74, 6) is 1.02. The topological polar surface area (TPSA) is 0 Å². The molecule has 3 heteroatoms. The van der Waals surface area contributed by atoms with Crippen LogP contribution in [-0.4, -0.2) is 0 Å². The van der Waals surface area contributed by atoms with E-state index in [1.165, 1.54) is 13.0 Å². The number of aryl methyl sites for hydroxylation is 1. The lowest BCUT2D eigenvalue weighted by atomic mass is 9.79. The minimum absolute atomic E-state index is 0.308. The van der Waals surface area contributed by atoms with Crippen molar-refractivity contribution >= 4 is 0 Å². The van der Waals surface area contributed by atoms with Gasteiger partial charge in [0.2, 0.25) is 0 Å². The van der Waals surface area contributed by atoms with Crippen LogP contribution in [0.1, 0.15) is 55.2 Å². The average Bonchev–Trinajstić information content (AvgIpc) is 2.29. The fourth-order valence-corrected chi connectivity index (χ4v) is 2.79. The largest absolute Gasteiger partial charge is 0.416 e. The fourth-order valence-electron chi connectivity index (χ4n) is 2.79. The summed E-state index contributed by atoms with van der Waals surface area (Å²) in [6.07, 6.45) is 0.0465. The second-order valence-electron chi connectivity index (χ2n) is 5.53. The Bertz CT molecular complexity index is 412. The van der Waals surface area contributed by atoms with Crippen LogP contribution in [0.5, 0.6) is 0 Å². The van der Waals surface area contributed by atoms with Crippen molar-refractivity contribution in [2.75, 3.05) is 0 Å². The molecule has 0 radical (unpaired) electrons. The maximum atomic E-state index is 12.9. The van der Waals surface area contributed by atoms with Gasteiger partial charge in [-0.25, -0.2) is 0 Å². The molecule has 1 aliphatic carbocycles. The summed E-state index contributed by atoms with van der Waals surface area (Å²) < 4.78 is 38.6. The predicted octanol–water partition coefficient (Wildman–Crippen LogP) is 5.31. The molecule has 0 bridgehead atoms. The first kappa shape index (κ1) is 13.4. The van der Waals surface area contributed by atoms with Gasteiger partial charge in [-0.15, -0.1) is 0 Å². The molecule has 0 amide bonds. The molecular formula is C15H19F3. The van der Waals surface area contributed by atoms with Gasteiger partial charge in [0.1, 0.15) is 0 Å². The monoisotopic (exact) mass is 256 g/mol. The second kappa shape index (κ2) is 4.94. The van der Waals surface area contributed by atoms with Gasteiger partial charge in [-0.2, -0.15) is 13.2 Å². The first-order chi connectivity index (χ1) is 8.38. The molecule has 1 aromatic carbocycles. The lowest BCUT2D eigenvalue weighted by Gasteiger charge is -2.27. The van der Waals surface area contributed by atoms with Gasteiger partial charge in [-0.05, 0) is 48.8 Å². The summed E-state index contributed by atoms with van der Waals surface area (Å²) in [6.45, 7) is 3.74. The third-order valence-electron chi connectivity index (χ3n) is 4.05. The summed E-state index contributed by atoms with van der Waals surface area (Å²) in [4.78, 5) is 0. The summed E-state index contributed by atoms with van der Waals surface area (Å²) in [7, 11) is 0. The fraction of sp³-hybridized carbons (Fsp3) is 0.600. The summed E-state index contributed by atoms with van der Waals surface area (Å²) >= 11 is 0. The first-order valence-corrected chi connectivity index (χ1v) is 6.55. The van der Waals surface area contributed by atoms with Gasteiger partial charge in [0.25, 0.3) is 0 Å². The van der Waals surface area contributed by atoms with Crippen molar-refractivity contribution in [2.45, 2.75) is 51.6 Å². The Morgan fingerprint density at radius 1 is 1.06 bits per heavy atom. The van der Waals surface area contributed by atoms with Crippen molar-refractivity contribution in [3.05, 3.63) is 34.9 Å². The van der Waals surface area contributed by atoms with E-state index in [0.29, 0.717) is 17.4 Å². The molecule has 0 spiro atoms. The van der Waals surface area contributed by atoms with E-state index in [4.69, 9.17) is 0 Å². The predicted molar refractivity (Wildman–Crippen MR) is 66.6 cm³/mol. The second-order valence-corrected chi connectivity index (χ2v) is 5.53. The van der Waals surface area contributed by atoms with Gasteiger partial charge < -0.3 is 0 Å². The van der Waals surface area contributed by atoms with E-state index in [1.807, 2.05) is 6.07 Å². The van der Waals surface area contributed by atoms with Gasteiger partial charge >= 0.3 is 6.18 Å². The molecular weight excluding hydrogens is 237 g/mol. The zero-order chi connectivity index (χ0) is 13.3. The molecule has 1 aromatic rings. The van der Waals surface area contributed by atoms with Crippen LogP contribution in [-0.2, 0) is 6.18 Å². The van der Waals surface area contributed by atoms with Crippen molar-refractivity contribution in [3.63, 3.8) is 0 Å². The lowest BCUT2D eigenvalue weighted by molar-refractivity contribution is -0.138. The molecule has 18 heavy (non-hydrogen) atoms. The Kier molecular flexibility index (Phi) is 3.69. The van der Waals surface area contributed by atoms with Gasteiger partial charge in [-0.1, -0.05) is 31.9 Å². The molecule has 2 rings (SSSR count). The standard InChI is InChI=1S/C15H19F3/c1-10-3-6-12(7-4-10)13-8-5-11(2)14(9-13)15(16,17)18/h5,8-10,12H,3-4,6-7H2,1-2H3. The molecule has 0 heterocycles. The maximum absolute atomic E-state index is 12.9. The van der Waals surface area contributed by atoms with Gasteiger partial charge in [0.15, 0.2) is 0 Å². The minimum Gasteiger partial charge on any atom is -0.166 e. The number of rotatable bonds is 1. The first-order valence-electron chi connectivity index (χ1n) is 6.55. The van der Waals surface area contributed by atoms with E-state index in [-0.39, 0.29) is 0 Å². The van der Waals surface area contributed by atoms with Crippen molar-refractivity contribution in [3.8, 4) is 0 Å². The zero-order valence-electron chi connectivity index (χ0n) is 10.8. The summed E-state index contributed by atoms with van der Waals surface area (Å²) in [5, 5.41) is 0. The minimum atomic E-state index is -4.23. The highest BCUT2D eigenvalue weighted by atomic mass is 19.4. The third kappa shape index (κ3) is 2.88. The molecule has 0 unspecified atom stereocenters. The van der Waals surface area contributed by atoms with E-state index < -0.39 is 11.7 Å². The smallest absolute Gasteiger partial charge is 0.166 e. The van der Waals surface area contributed by atoms with Crippen LogP contribution in [0.3, 0.4) is 0 Å². The molecule has 100 valence electrons. The number of hydrogen-bond donors (Lipinski definition) is 0. The van der Waals surface area contributed by atoms with Crippen molar-refractivity contribution < 1.29 is 13.2 Å². The average molecular weight is 256 g/mol. The van der Waals surface area contributed by atoms with E-state index in [0.717, 1.165) is 31.2 Å². The van der Waals surface area contributed by atoms with E-state index in [1.54, 1.807) is 6.07 Å². The molecule has 0 aliphatic heterocycles. The molecule has 0 atom stereocenters. The molecule has 0 aromatic heterocycles. The lowest BCUT2D eigenvalue weighted by Crippen LogP contribution is -2.13. The van der Waals surface area contributed by atoms with Crippen LogP contribution in [0.15, 0.2) is 18.2 Å². The Morgan fingerprint density at radius 3 is 2.22 bits per heavy atom. The number of halogens is 3. The maximum Gasteiger partial charge on any atom is 0.416 e. The number of benzene rings is 1. The van der Waals surface area contributed by atoms with Crippen LogP contribution in [0.25, 0.3) is 0 Å². The van der Waals surface area contributed by atoms with Crippen LogP contribution in [0.2, 0.25) is 0 Å². The van der Waals surface area contributed by atoms with Crippen LogP contribution < -0.4 is 0 Å². The van der Waals surface area contributed by atoms with E-state index >= 15 is 0 Å². The summed E-state index contributed by atoms with van der Waals surface area (Å²) in [6, 6.07) is 4.83.